The Balaban J connectivity index is 0.000000105. The third-order valence-corrected chi connectivity index (χ3v) is 0.204. The minimum absolute atomic E-state index is 1.00. The molecular weight excluding hydrogens is 120 g/mol. The van der Waals surface area contributed by atoms with Crippen LogP contribution < -0.4 is 0 Å². The van der Waals surface area contributed by atoms with Gasteiger partial charge >= 0.3 is 0 Å². The predicted molar refractivity (Wildman–Crippen MR) is 24.2 cm³/mol. The van der Waals surface area contributed by atoms with Gasteiger partial charge in [0.25, 0.3) is 11.4 Å². The van der Waals surface area contributed by atoms with Crippen molar-refractivity contribution in [1.82, 2.24) is 0 Å². The Morgan fingerprint density at radius 2 is 1.57 bits per heavy atom. The molecule has 1 rings (SSSR count). The van der Waals surface area contributed by atoms with Crippen LogP contribution in [0.2, 0.25) is 0 Å². The lowest BCUT2D eigenvalue weighted by Crippen LogP contribution is -1.74. The van der Waals surface area contributed by atoms with E-state index < -0.39 is 11.4 Å². The van der Waals surface area contributed by atoms with Crippen molar-refractivity contribution in [2.24, 2.45) is 0 Å². The van der Waals surface area contributed by atoms with Crippen LogP contribution in [0.4, 0.5) is 0 Å². The molecule has 0 spiro atoms. The van der Waals surface area contributed by atoms with Crippen molar-refractivity contribution in [3.05, 3.63) is 0 Å². The lowest BCUT2D eigenvalue weighted by Gasteiger charge is -1.59. The molecule has 1 fully saturated rings. The van der Waals surface area contributed by atoms with Crippen LogP contribution in [0.5, 0.6) is 0 Å². The average Bonchev–Trinajstić information content (AvgIpc) is 2.02. The largest absolute Gasteiger partial charge is 0.377 e. The second kappa shape index (κ2) is 4.20. The van der Waals surface area contributed by atoms with Crippen molar-refractivity contribution in [1.29, 1.82) is 0 Å². The quantitative estimate of drug-likeness (QED) is 0.345. The summed E-state index contributed by atoms with van der Waals surface area (Å²) in [6, 6.07) is 0. The minimum atomic E-state index is -2.61. The monoisotopic (exact) mass is 126 g/mol. The van der Waals surface area contributed by atoms with E-state index >= 15 is 0 Å². The summed E-state index contributed by atoms with van der Waals surface area (Å²) in [6.45, 7) is 2.00. The van der Waals surface area contributed by atoms with Crippen molar-refractivity contribution in [2.75, 3.05) is 13.2 Å². The van der Waals surface area contributed by atoms with E-state index in [1.165, 1.54) is 0 Å². The van der Waals surface area contributed by atoms with Crippen LogP contribution in [-0.4, -0.2) is 26.5 Å². The van der Waals surface area contributed by atoms with E-state index in [9.17, 15) is 0 Å². The summed E-state index contributed by atoms with van der Waals surface area (Å²) in [7, 11) is 0. The van der Waals surface area contributed by atoms with Gasteiger partial charge in [-0.25, -0.2) is 0 Å². The topological polar surface area (TPSA) is 70.1 Å². The molecule has 2 N–H and O–H groups in total. The molecule has 1 aliphatic heterocycles. The van der Waals surface area contributed by atoms with E-state index in [1.807, 2.05) is 0 Å². The summed E-state index contributed by atoms with van der Waals surface area (Å²) in [5, 5.41) is 0. The normalized spacial score (nSPS) is 15.3. The van der Waals surface area contributed by atoms with Crippen molar-refractivity contribution in [2.45, 2.75) is 0 Å². The molecule has 1 aliphatic rings. The SMILES string of the molecule is C1CO1.O=S(O)O. The van der Waals surface area contributed by atoms with Gasteiger partial charge in [0, 0.05) is 0 Å². The van der Waals surface area contributed by atoms with Gasteiger partial charge in [0.1, 0.15) is 0 Å². The van der Waals surface area contributed by atoms with E-state index in [4.69, 9.17) is 13.3 Å². The standard InChI is InChI=1S/C2H4O.H2O3S/c1-2-3-1;1-4(2)3/h1-2H2;(H2,1,2,3). The Bertz CT molecular complexity index is 54.0. The number of hydrogen-bond acceptors (Lipinski definition) is 2. The number of epoxide rings is 1. The van der Waals surface area contributed by atoms with Crippen molar-refractivity contribution in [3.8, 4) is 0 Å². The highest BCUT2D eigenvalue weighted by molar-refractivity contribution is 7.73. The van der Waals surface area contributed by atoms with Gasteiger partial charge in [0.05, 0.1) is 13.2 Å². The van der Waals surface area contributed by atoms with E-state index in [1.54, 1.807) is 0 Å². The van der Waals surface area contributed by atoms with Crippen molar-refractivity contribution >= 4 is 11.4 Å². The first-order valence-corrected chi connectivity index (χ1v) is 2.67. The molecule has 0 aromatic rings. The van der Waals surface area contributed by atoms with Gasteiger partial charge in [-0.1, -0.05) is 0 Å². The van der Waals surface area contributed by atoms with Crippen LogP contribution >= 0.6 is 0 Å². The Labute approximate surface area is 43.6 Å². The maximum absolute atomic E-state index is 8.67. The van der Waals surface area contributed by atoms with Gasteiger partial charge in [0.15, 0.2) is 0 Å². The van der Waals surface area contributed by atoms with Crippen LogP contribution in [0.15, 0.2) is 0 Å². The van der Waals surface area contributed by atoms with E-state index in [0.29, 0.717) is 0 Å². The fraction of sp³-hybridized carbons (Fsp3) is 1.00. The van der Waals surface area contributed by atoms with Crippen molar-refractivity contribution < 1.29 is 18.1 Å². The Kier molecular flexibility index (Phi) is 4.21. The smallest absolute Gasteiger partial charge is 0.299 e. The molecule has 0 amide bonds. The molecule has 0 saturated carbocycles. The molecule has 0 aromatic heterocycles. The Hall–Kier alpha value is 0.0300. The molecule has 0 bridgehead atoms. The summed E-state index contributed by atoms with van der Waals surface area (Å²) in [5.74, 6) is 0. The summed E-state index contributed by atoms with van der Waals surface area (Å²) in [6.07, 6.45) is 0. The zero-order valence-electron chi connectivity index (χ0n) is 3.53. The van der Waals surface area contributed by atoms with Crippen LogP contribution in [0.3, 0.4) is 0 Å². The number of rotatable bonds is 0. The zero-order valence-corrected chi connectivity index (χ0v) is 4.35. The molecule has 5 heteroatoms. The third kappa shape index (κ3) is 92.3. The fourth-order valence-corrected chi connectivity index (χ4v) is 0. The summed E-state index contributed by atoms with van der Waals surface area (Å²) >= 11 is -2.61. The first-order valence-electron chi connectivity index (χ1n) is 1.61. The van der Waals surface area contributed by atoms with Gasteiger partial charge in [-0.3, -0.25) is 9.11 Å². The van der Waals surface area contributed by atoms with E-state index in [0.717, 1.165) is 13.2 Å². The molecule has 0 aliphatic carbocycles. The molecule has 7 heavy (non-hydrogen) atoms. The first-order chi connectivity index (χ1) is 3.23. The maximum atomic E-state index is 8.67. The molecule has 44 valence electrons. The lowest BCUT2D eigenvalue weighted by molar-refractivity contribution is 0.454. The Morgan fingerprint density at radius 1 is 1.43 bits per heavy atom. The lowest BCUT2D eigenvalue weighted by atomic mass is 11.0. The molecule has 0 radical (unpaired) electrons. The fourth-order valence-electron chi connectivity index (χ4n) is 0. The van der Waals surface area contributed by atoms with Crippen LogP contribution in [0.25, 0.3) is 0 Å². The molecule has 1 saturated heterocycles. The number of ether oxygens (including phenoxy) is 1. The van der Waals surface area contributed by atoms with Gasteiger partial charge in [-0.15, -0.1) is 0 Å². The zero-order chi connectivity index (χ0) is 5.70. The summed E-state index contributed by atoms with van der Waals surface area (Å²) in [4.78, 5) is 0. The van der Waals surface area contributed by atoms with Crippen LogP contribution in [0.1, 0.15) is 0 Å². The maximum Gasteiger partial charge on any atom is 0.299 e. The van der Waals surface area contributed by atoms with Gasteiger partial charge in [-0.2, -0.15) is 4.21 Å². The van der Waals surface area contributed by atoms with E-state index in [2.05, 4.69) is 4.74 Å². The molecular formula is C2H6O4S. The van der Waals surface area contributed by atoms with Gasteiger partial charge in [0.2, 0.25) is 0 Å². The second-order valence-electron chi connectivity index (χ2n) is 0.843. The van der Waals surface area contributed by atoms with Crippen LogP contribution in [-0.2, 0) is 16.1 Å². The van der Waals surface area contributed by atoms with E-state index in [-0.39, 0.29) is 0 Å². The van der Waals surface area contributed by atoms with Crippen molar-refractivity contribution in [3.63, 3.8) is 0 Å². The van der Waals surface area contributed by atoms with Crippen LogP contribution in [0, 0.1) is 0 Å². The summed E-state index contributed by atoms with van der Waals surface area (Å²) in [5.41, 5.74) is 0. The minimum Gasteiger partial charge on any atom is -0.377 e. The predicted octanol–water partition coefficient (Wildman–Crippen LogP) is -0.302. The molecule has 1 heterocycles. The van der Waals surface area contributed by atoms with Gasteiger partial charge in [-0.05, 0) is 0 Å². The summed E-state index contributed by atoms with van der Waals surface area (Å²) < 4.78 is 27.3. The molecule has 0 unspecified atom stereocenters. The highest BCUT2D eigenvalue weighted by atomic mass is 32.2. The average molecular weight is 126 g/mol. The Morgan fingerprint density at radius 3 is 1.57 bits per heavy atom. The molecule has 4 nitrogen and oxygen atoms in total. The third-order valence-electron chi connectivity index (χ3n) is 0.204. The highest BCUT2D eigenvalue weighted by Crippen LogP contribution is 1.84. The highest BCUT2D eigenvalue weighted by Gasteiger charge is 1.94. The first kappa shape index (κ1) is 7.03. The number of hydrogen-bond donors (Lipinski definition) is 2. The molecule has 0 atom stereocenters. The second-order valence-corrected chi connectivity index (χ2v) is 1.30. The molecule has 0 aromatic carbocycles. The van der Waals surface area contributed by atoms with Gasteiger partial charge < -0.3 is 4.74 Å².